The molecule has 51 heavy (non-hydrogen) atoms. The summed E-state index contributed by atoms with van der Waals surface area (Å²) >= 11 is 0. The van der Waals surface area contributed by atoms with E-state index in [9.17, 15) is 0 Å². The Hall–Kier alpha value is -7.05. The van der Waals surface area contributed by atoms with Gasteiger partial charge in [0.15, 0.2) is 17.5 Å². The molecule has 0 saturated heterocycles. The lowest BCUT2D eigenvalue weighted by molar-refractivity contribution is 0.668. The van der Waals surface area contributed by atoms with Gasteiger partial charge in [0.05, 0.1) is 5.56 Å². The van der Waals surface area contributed by atoms with Gasteiger partial charge in [-0.05, 0) is 48.0 Å². The maximum Gasteiger partial charge on any atom is 0.167 e. The molecule has 0 saturated carbocycles. The lowest BCUT2D eigenvalue weighted by Crippen LogP contribution is -2.00. The van der Waals surface area contributed by atoms with Crippen LogP contribution in [0.4, 0.5) is 0 Å². The monoisotopic (exact) mass is 655 g/mol. The summed E-state index contributed by atoms with van der Waals surface area (Å²) in [5.41, 5.74) is 9.49. The van der Waals surface area contributed by atoms with Gasteiger partial charge in [-0.2, -0.15) is 0 Å². The SMILES string of the molecule is c1ccc(-c2nc(-c3ccc4oc5ccccc5c4c3)nc(-c3cccc4c3oc3c(-c5cccc6oc7ccccc7c56)cccc34)n2)cc1. The van der Waals surface area contributed by atoms with Crippen molar-refractivity contribution in [1.82, 2.24) is 15.0 Å². The van der Waals surface area contributed by atoms with E-state index in [0.717, 1.165) is 93.6 Å². The zero-order chi connectivity index (χ0) is 33.5. The van der Waals surface area contributed by atoms with Crippen molar-refractivity contribution in [3.63, 3.8) is 0 Å². The van der Waals surface area contributed by atoms with Gasteiger partial charge in [-0.25, -0.2) is 15.0 Å². The molecule has 0 aliphatic heterocycles. The third-order valence-electron chi connectivity index (χ3n) is 9.76. The normalized spacial score (nSPS) is 11.9. The summed E-state index contributed by atoms with van der Waals surface area (Å²) in [5.74, 6) is 1.68. The largest absolute Gasteiger partial charge is 0.456 e. The van der Waals surface area contributed by atoms with Gasteiger partial charge < -0.3 is 13.3 Å². The van der Waals surface area contributed by atoms with E-state index in [1.165, 1.54) is 0 Å². The topological polar surface area (TPSA) is 78.1 Å². The molecule has 0 atom stereocenters. The first-order chi connectivity index (χ1) is 25.3. The number of para-hydroxylation sites is 4. The maximum absolute atomic E-state index is 6.90. The number of hydrogen-bond acceptors (Lipinski definition) is 6. The second-order valence-corrected chi connectivity index (χ2v) is 12.7. The summed E-state index contributed by atoms with van der Waals surface area (Å²) in [4.78, 5) is 15.2. The highest BCUT2D eigenvalue weighted by molar-refractivity contribution is 6.18. The van der Waals surface area contributed by atoms with Crippen LogP contribution in [0.3, 0.4) is 0 Å². The molecular weight excluding hydrogens is 631 g/mol. The molecule has 0 spiro atoms. The van der Waals surface area contributed by atoms with Gasteiger partial charge in [-0.1, -0.05) is 109 Å². The molecule has 0 aliphatic rings. The second kappa shape index (κ2) is 10.7. The number of hydrogen-bond donors (Lipinski definition) is 0. The Morgan fingerprint density at radius 2 is 0.863 bits per heavy atom. The number of fused-ring (bicyclic) bond motifs is 9. The van der Waals surface area contributed by atoms with Crippen LogP contribution in [-0.4, -0.2) is 15.0 Å². The van der Waals surface area contributed by atoms with E-state index < -0.39 is 0 Å². The minimum Gasteiger partial charge on any atom is -0.456 e. The highest BCUT2D eigenvalue weighted by Crippen LogP contribution is 2.43. The van der Waals surface area contributed by atoms with Crippen LogP contribution in [-0.2, 0) is 0 Å². The van der Waals surface area contributed by atoms with E-state index in [1.54, 1.807) is 0 Å². The minimum atomic E-state index is 0.533. The standard InChI is InChI=1S/C45H25N3O3/c1-2-11-26(12-3-1)43-46-44(27-23-24-38-35(25-27)28-13-4-6-20-36(28)49-38)48-45(47-43)34-19-9-18-32-31-17-8-16-30(41(31)51-42(32)34)29-15-10-22-39-40(29)33-14-5-7-21-37(33)50-39/h1-25H. The van der Waals surface area contributed by atoms with E-state index in [4.69, 9.17) is 28.2 Å². The number of aromatic nitrogens is 3. The van der Waals surface area contributed by atoms with E-state index in [0.29, 0.717) is 17.5 Å². The molecule has 0 radical (unpaired) electrons. The van der Waals surface area contributed by atoms with Crippen molar-refractivity contribution in [2.45, 2.75) is 0 Å². The molecule has 0 unspecified atom stereocenters. The lowest BCUT2D eigenvalue weighted by atomic mass is 9.97. The highest BCUT2D eigenvalue weighted by atomic mass is 16.3. The van der Waals surface area contributed by atoms with Crippen molar-refractivity contribution in [3.05, 3.63) is 152 Å². The Morgan fingerprint density at radius 1 is 0.314 bits per heavy atom. The summed E-state index contributed by atoms with van der Waals surface area (Å²) < 4.78 is 19.3. The van der Waals surface area contributed by atoms with Gasteiger partial charge in [0.2, 0.25) is 0 Å². The van der Waals surface area contributed by atoms with Crippen LogP contribution in [0.2, 0.25) is 0 Å². The third-order valence-corrected chi connectivity index (χ3v) is 9.76. The van der Waals surface area contributed by atoms with Crippen molar-refractivity contribution >= 4 is 65.8 Å². The Balaban J connectivity index is 1.14. The zero-order valence-electron chi connectivity index (χ0n) is 27.0. The van der Waals surface area contributed by atoms with E-state index in [-0.39, 0.29) is 0 Å². The molecule has 11 aromatic rings. The second-order valence-electron chi connectivity index (χ2n) is 12.7. The molecule has 238 valence electrons. The molecule has 6 nitrogen and oxygen atoms in total. The molecule has 0 bridgehead atoms. The van der Waals surface area contributed by atoms with Gasteiger partial charge >= 0.3 is 0 Å². The van der Waals surface area contributed by atoms with Crippen LogP contribution in [0.25, 0.3) is 111 Å². The fourth-order valence-corrected chi connectivity index (χ4v) is 7.41. The van der Waals surface area contributed by atoms with Crippen LogP contribution in [0, 0.1) is 0 Å². The van der Waals surface area contributed by atoms with Gasteiger partial charge in [0, 0.05) is 49.0 Å². The number of nitrogens with zero attached hydrogens (tertiary/aromatic N) is 3. The maximum atomic E-state index is 6.90. The van der Waals surface area contributed by atoms with Gasteiger partial charge in [-0.15, -0.1) is 0 Å². The Bertz CT molecular complexity index is 3150. The summed E-state index contributed by atoms with van der Waals surface area (Å²) in [5, 5.41) is 6.21. The summed E-state index contributed by atoms with van der Waals surface area (Å²) in [7, 11) is 0. The molecule has 4 aromatic heterocycles. The average molecular weight is 656 g/mol. The van der Waals surface area contributed by atoms with Gasteiger partial charge in [-0.3, -0.25) is 0 Å². The van der Waals surface area contributed by atoms with Crippen molar-refractivity contribution in [3.8, 4) is 45.3 Å². The Kier molecular flexibility index (Phi) is 5.86. The number of furan rings is 3. The van der Waals surface area contributed by atoms with Crippen LogP contribution in [0.5, 0.6) is 0 Å². The van der Waals surface area contributed by atoms with Crippen LogP contribution in [0.1, 0.15) is 0 Å². The first kappa shape index (κ1) is 27.9. The minimum absolute atomic E-state index is 0.533. The molecule has 0 N–H and O–H groups in total. The van der Waals surface area contributed by atoms with Crippen molar-refractivity contribution in [1.29, 1.82) is 0 Å². The molecule has 7 aromatic carbocycles. The highest BCUT2D eigenvalue weighted by Gasteiger charge is 2.21. The third kappa shape index (κ3) is 4.26. The van der Waals surface area contributed by atoms with Crippen LogP contribution in [0.15, 0.2) is 165 Å². The van der Waals surface area contributed by atoms with Crippen molar-refractivity contribution in [2.75, 3.05) is 0 Å². The molecule has 11 rings (SSSR count). The predicted octanol–water partition coefficient (Wildman–Crippen LogP) is 12.2. The molecule has 0 fully saturated rings. The average Bonchev–Trinajstić information content (AvgIpc) is 3.89. The van der Waals surface area contributed by atoms with E-state index in [2.05, 4.69) is 48.5 Å². The first-order valence-corrected chi connectivity index (χ1v) is 16.9. The zero-order valence-corrected chi connectivity index (χ0v) is 27.0. The quantitative estimate of drug-likeness (QED) is 0.188. The van der Waals surface area contributed by atoms with E-state index >= 15 is 0 Å². The number of benzene rings is 7. The molecule has 4 heterocycles. The Labute approximate surface area is 290 Å². The summed E-state index contributed by atoms with van der Waals surface area (Å²) in [6.07, 6.45) is 0. The summed E-state index contributed by atoms with van der Waals surface area (Å²) in [6.45, 7) is 0. The molecule has 0 amide bonds. The van der Waals surface area contributed by atoms with Crippen molar-refractivity contribution < 1.29 is 13.3 Å². The van der Waals surface area contributed by atoms with Crippen molar-refractivity contribution in [2.24, 2.45) is 0 Å². The fourth-order valence-electron chi connectivity index (χ4n) is 7.41. The molecule has 6 heteroatoms. The van der Waals surface area contributed by atoms with E-state index in [1.807, 2.05) is 103 Å². The lowest BCUT2D eigenvalue weighted by Gasteiger charge is -2.09. The molecule has 0 aliphatic carbocycles. The smallest absolute Gasteiger partial charge is 0.167 e. The predicted molar refractivity (Wildman–Crippen MR) is 203 cm³/mol. The fraction of sp³-hybridized carbons (Fsp3) is 0. The first-order valence-electron chi connectivity index (χ1n) is 16.9. The van der Waals surface area contributed by atoms with Crippen LogP contribution >= 0.6 is 0 Å². The van der Waals surface area contributed by atoms with Gasteiger partial charge in [0.1, 0.15) is 33.5 Å². The molecular formula is C45H25N3O3. The number of rotatable bonds is 4. The van der Waals surface area contributed by atoms with Crippen LogP contribution < -0.4 is 0 Å². The Morgan fingerprint density at radius 3 is 1.69 bits per heavy atom. The van der Waals surface area contributed by atoms with Gasteiger partial charge in [0.25, 0.3) is 0 Å². The summed E-state index contributed by atoms with van der Waals surface area (Å²) in [6, 6.07) is 51.0.